The van der Waals surface area contributed by atoms with Gasteiger partial charge < -0.3 is 14.8 Å². The fourth-order valence-electron chi connectivity index (χ4n) is 3.04. The van der Waals surface area contributed by atoms with Crippen molar-refractivity contribution in [3.63, 3.8) is 0 Å². The summed E-state index contributed by atoms with van der Waals surface area (Å²) in [4.78, 5) is 33.5. The average molecular weight is 588 g/mol. The molecular formula is C24H16BrClN4O7. The number of non-ortho nitro benzene ring substituents is 1. The van der Waals surface area contributed by atoms with Gasteiger partial charge in [0.2, 0.25) is 5.75 Å². The van der Waals surface area contributed by atoms with Crippen molar-refractivity contribution in [1.29, 1.82) is 5.26 Å². The highest BCUT2D eigenvalue weighted by Gasteiger charge is 2.24. The van der Waals surface area contributed by atoms with Gasteiger partial charge in [0.25, 0.3) is 11.6 Å². The molecule has 11 nitrogen and oxygen atoms in total. The number of nitrogens with one attached hydrogen (secondary N) is 1. The fraction of sp³-hybridized carbons (Fsp3) is 0.0833. The molecule has 1 N–H and O–H groups in total. The van der Waals surface area contributed by atoms with Crippen molar-refractivity contribution >= 4 is 56.6 Å². The minimum absolute atomic E-state index is 0.0556. The fourth-order valence-corrected chi connectivity index (χ4v) is 3.71. The second-order valence-corrected chi connectivity index (χ2v) is 8.45. The second kappa shape index (κ2) is 12.0. The van der Waals surface area contributed by atoms with Gasteiger partial charge in [-0.2, -0.15) is 5.26 Å². The molecule has 188 valence electrons. The molecule has 0 fully saturated rings. The SMILES string of the molecule is CCOc1cc(/C=C(/C#N)C(=O)Nc2ccc(Cl)cc2)cc(Br)c1Oc1ccc([N+](=O)[O-])cc1[N+](=O)[O-]. The van der Waals surface area contributed by atoms with E-state index in [0.29, 0.717) is 16.3 Å². The van der Waals surface area contributed by atoms with Gasteiger partial charge in [-0.3, -0.25) is 25.0 Å². The molecule has 3 aromatic rings. The summed E-state index contributed by atoms with van der Waals surface area (Å²) in [5.41, 5.74) is -0.449. The van der Waals surface area contributed by atoms with E-state index in [1.807, 2.05) is 6.07 Å². The lowest BCUT2D eigenvalue weighted by Gasteiger charge is -2.14. The van der Waals surface area contributed by atoms with Crippen molar-refractivity contribution in [2.24, 2.45) is 0 Å². The van der Waals surface area contributed by atoms with E-state index in [0.717, 1.165) is 18.2 Å². The number of anilines is 1. The van der Waals surface area contributed by atoms with E-state index in [9.17, 15) is 30.3 Å². The number of halogens is 2. The number of carbonyl (C=O) groups is 1. The van der Waals surface area contributed by atoms with Crippen LogP contribution in [0.1, 0.15) is 12.5 Å². The lowest BCUT2D eigenvalue weighted by molar-refractivity contribution is -0.394. The number of hydrogen-bond donors (Lipinski definition) is 1. The first-order chi connectivity index (χ1) is 17.6. The molecule has 0 heterocycles. The van der Waals surface area contributed by atoms with Gasteiger partial charge in [-0.1, -0.05) is 11.6 Å². The lowest BCUT2D eigenvalue weighted by Crippen LogP contribution is -2.13. The van der Waals surface area contributed by atoms with Crippen molar-refractivity contribution in [1.82, 2.24) is 0 Å². The standard InChI is InChI=1S/C24H16BrClN4O7/c1-2-36-22-11-14(9-15(13-27)24(31)28-17-5-3-16(26)4-6-17)10-19(25)23(22)37-21-8-7-18(29(32)33)12-20(21)30(34)35/h3-12H,2H2,1H3,(H,28,31)/b15-9-. The molecule has 0 aliphatic carbocycles. The van der Waals surface area contributed by atoms with Gasteiger partial charge in [0.1, 0.15) is 11.6 Å². The van der Waals surface area contributed by atoms with Crippen molar-refractivity contribution in [2.75, 3.05) is 11.9 Å². The Morgan fingerprint density at radius 1 is 1.11 bits per heavy atom. The van der Waals surface area contributed by atoms with E-state index in [2.05, 4.69) is 21.2 Å². The van der Waals surface area contributed by atoms with Crippen LogP contribution in [0.5, 0.6) is 17.2 Å². The smallest absolute Gasteiger partial charge is 0.318 e. The molecule has 0 saturated heterocycles. The van der Waals surface area contributed by atoms with Crippen LogP contribution in [0.15, 0.2) is 64.6 Å². The Bertz CT molecular complexity index is 1450. The minimum atomic E-state index is -0.799. The Kier molecular flexibility index (Phi) is 8.78. The average Bonchev–Trinajstić information content (AvgIpc) is 2.86. The van der Waals surface area contributed by atoms with Crippen LogP contribution in [0.25, 0.3) is 6.08 Å². The Morgan fingerprint density at radius 2 is 1.81 bits per heavy atom. The van der Waals surface area contributed by atoms with E-state index in [-0.39, 0.29) is 33.9 Å². The summed E-state index contributed by atoms with van der Waals surface area (Å²) in [7, 11) is 0. The van der Waals surface area contributed by atoms with Crippen LogP contribution in [0, 0.1) is 31.6 Å². The van der Waals surface area contributed by atoms with Crippen LogP contribution in [-0.4, -0.2) is 22.4 Å². The highest BCUT2D eigenvalue weighted by Crippen LogP contribution is 2.43. The van der Waals surface area contributed by atoms with Crippen LogP contribution < -0.4 is 14.8 Å². The monoisotopic (exact) mass is 586 g/mol. The molecule has 0 aliphatic rings. The molecule has 1 amide bonds. The highest BCUT2D eigenvalue weighted by molar-refractivity contribution is 9.10. The summed E-state index contributed by atoms with van der Waals surface area (Å²) in [6.07, 6.45) is 1.33. The predicted molar refractivity (Wildman–Crippen MR) is 139 cm³/mol. The molecule has 0 atom stereocenters. The van der Waals surface area contributed by atoms with E-state index in [4.69, 9.17) is 21.1 Å². The first kappa shape index (κ1) is 27.1. The number of carbonyl (C=O) groups excluding carboxylic acids is 1. The normalized spacial score (nSPS) is 10.8. The van der Waals surface area contributed by atoms with Crippen molar-refractivity contribution in [3.05, 3.63) is 95.5 Å². The van der Waals surface area contributed by atoms with Crippen molar-refractivity contribution < 1.29 is 24.1 Å². The topological polar surface area (TPSA) is 158 Å². The second-order valence-electron chi connectivity index (χ2n) is 7.16. The van der Waals surface area contributed by atoms with Crippen LogP contribution in [0.4, 0.5) is 17.1 Å². The van der Waals surface area contributed by atoms with Crippen LogP contribution >= 0.6 is 27.5 Å². The Balaban J connectivity index is 1.97. The molecule has 0 aromatic heterocycles. The first-order valence-corrected chi connectivity index (χ1v) is 11.6. The number of nitrogens with zero attached hydrogens (tertiary/aromatic N) is 3. The molecule has 0 saturated carbocycles. The molecule has 3 rings (SSSR count). The summed E-state index contributed by atoms with van der Waals surface area (Å²) in [6.45, 7) is 1.90. The number of nitriles is 1. The van der Waals surface area contributed by atoms with Crippen LogP contribution in [-0.2, 0) is 4.79 Å². The van der Waals surface area contributed by atoms with Gasteiger partial charge >= 0.3 is 5.69 Å². The first-order valence-electron chi connectivity index (χ1n) is 10.4. The Morgan fingerprint density at radius 3 is 2.41 bits per heavy atom. The molecule has 3 aromatic carbocycles. The lowest BCUT2D eigenvalue weighted by atomic mass is 10.1. The third-order valence-corrected chi connectivity index (χ3v) is 5.51. The number of benzene rings is 3. The van der Waals surface area contributed by atoms with Gasteiger partial charge in [-0.15, -0.1) is 0 Å². The van der Waals surface area contributed by atoms with Gasteiger partial charge in [-0.25, -0.2) is 0 Å². The van der Waals surface area contributed by atoms with E-state index in [1.54, 1.807) is 31.2 Å². The van der Waals surface area contributed by atoms with Gasteiger partial charge in [-0.05, 0) is 77.0 Å². The van der Waals surface area contributed by atoms with E-state index in [1.165, 1.54) is 18.2 Å². The number of amides is 1. The van der Waals surface area contributed by atoms with Gasteiger partial charge in [0.05, 0.1) is 27.0 Å². The summed E-state index contributed by atoms with van der Waals surface area (Å²) >= 11 is 9.17. The molecule has 0 radical (unpaired) electrons. The van der Waals surface area contributed by atoms with Crippen molar-refractivity contribution in [2.45, 2.75) is 6.92 Å². The zero-order valence-corrected chi connectivity index (χ0v) is 21.3. The van der Waals surface area contributed by atoms with Crippen LogP contribution in [0.3, 0.4) is 0 Å². The number of hydrogen-bond acceptors (Lipinski definition) is 8. The maximum Gasteiger partial charge on any atom is 0.318 e. The van der Waals surface area contributed by atoms with E-state index < -0.39 is 27.1 Å². The quantitative estimate of drug-likeness (QED) is 0.126. The number of nitro groups is 2. The van der Waals surface area contributed by atoms with E-state index >= 15 is 0 Å². The number of nitro benzene ring substituents is 2. The third-order valence-electron chi connectivity index (χ3n) is 4.67. The molecule has 37 heavy (non-hydrogen) atoms. The summed E-state index contributed by atoms with van der Waals surface area (Å²) in [5.74, 6) is -0.701. The van der Waals surface area contributed by atoms with Crippen molar-refractivity contribution in [3.8, 4) is 23.3 Å². The molecule has 13 heteroatoms. The van der Waals surface area contributed by atoms with Gasteiger partial charge in [0, 0.05) is 16.8 Å². The Hall–Kier alpha value is -4.47. The summed E-state index contributed by atoms with van der Waals surface area (Å²) < 4.78 is 11.6. The molecule has 0 spiro atoms. The van der Waals surface area contributed by atoms with Crippen LogP contribution in [0.2, 0.25) is 5.02 Å². The predicted octanol–water partition coefficient (Wildman–Crippen LogP) is 6.66. The zero-order chi connectivity index (χ0) is 27.1. The zero-order valence-electron chi connectivity index (χ0n) is 18.9. The molecule has 0 aliphatic heterocycles. The number of rotatable bonds is 9. The summed E-state index contributed by atoms with van der Waals surface area (Å²) in [5, 5.41) is 35.1. The molecule has 0 bridgehead atoms. The summed E-state index contributed by atoms with van der Waals surface area (Å²) in [6, 6.07) is 14.2. The van der Waals surface area contributed by atoms with Gasteiger partial charge in [0.15, 0.2) is 11.5 Å². The largest absolute Gasteiger partial charge is 0.490 e. The Labute approximate surface area is 223 Å². The third kappa shape index (κ3) is 6.81. The molecular weight excluding hydrogens is 572 g/mol. The minimum Gasteiger partial charge on any atom is -0.490 e. The highest BCUT2D eigenvalue weighted by atomic mass is 79.9. The number of ether oxygens (including phenoxy) is 2. The molecule has 0 unspecified atom stereocenters. The maximum absolute atomic E-state index is 12.6. The maximum atomic E-state index is 12.6.